The molecule has 0 fully saturated rings. The van der Waals surface area contributed by atoms with Crippen molar-refractivity contribution >= 4 is 34.7 Å². The maximum Gasteiger partial charge on any atom is 0.271 e. The molecule has 0 radical (unpaired) electrons. The van der Waals surface area contributed by atoms with Gasteiger partial charge in [0.05, 0.1) is 4.53 Å². The van der Waals surface area contributed by atoms with Crippen LogP contribution in [-0.4, -0.2) is 11.2 Å². The average Bonchev–Trinajstić information content (AvgIpc) is 2.91. The summed E-state index contributed by atoms with van der Waals surface area (Å²) in [5, 5.41) is 0.658. The van der Waals surface area contributed by atoms with Crippen LogP contribution in [0, 0.1) is 6.92 Å². The number of anilines is 1. The minimum atomic E-state index is -0.0134. The van der Waals surface area contributed by atoms with Gasteiger partial charge in [-0.05, 0) is 42.8 Å². The molecule has 0 atom stereocenters. The van der Waals surface area contributed by atoms with Crippen LogP contribution in [0.25, 0.3) is 6.08 Å². The van der Waals surface area contributed by atoms with Gasteiger partial charge in [-0.2, -0.15) is 0 Å². The number of aryl methyl sites for hydroxylation is 1. The third-order valence-corrected chi connectivity index (χ3v) is 5.40. The highest BCUT2D eigenvalue weighted by molar-refractivity contribution is 7.07. The van der Waals surface area contributed by atoms with Gasteiger partial charge in [-0.1, -0.05) is 52.8 Å². The number of fused-ring (bicyclic) bond motifs is 1. The van der Waals surface area contributed by atoms with E-state index >= 15 is 0 Å². The first-order valence-corrected chi connectivity index (χ1v) is 9.13. The molecule has 25 heavy (non-hydrogen) atoms. The lowest BCUT2D eigenvalue weighted by atomic mass is 10.2. The Morgan fingerprint density at radius 1 is 1.20 bits per heavy atom. The van der Waals surface area contributed by atoms with E-state index in [1.165, 1.54) is 16.9 Å². The van der Waals surface area contributed by atoms with Crippen molar-refractivity contribution in [3.05, 3.63) is 84.4 Å². The summed E-state index contributed by atoms with van der Waals surface area (Å²) < 4.78 is 2.40. The van der Waals surface area contributed by atoms with E-state index in [0.29, 0.717) is 22.9 Å². The summed E-state index contributed by atoms with van der Waals surface area (Å²) in [4.78, 5) is 20.2. The number of aromatic nitrogens is 1. The van der Waals surface area contributed by atoms with Crippen molar-refractivity contribution in [1.29, 1.82) is 0 Å². The van der Waals surface area contributed by atoms with E-state index in [9.17, 15) is 4.79 Å². The fourth-order valence-electron chi connectivity index (χ4n) is 2.78. The summed E-state index contributed by atoms with van der Waals surface area (Å²) in [6.07, 6.45) is 1.87. The first kappa shape index (κ1) is 16.1. The Hall–Kier alpha value is -2.37. The highest BCUT2D eigenvalue weighted by Gasteiger charge is 2.15. The van der Waals surface area contributed by atoms with Crippen LogP contribution in [0.1, 0.15) is 11.1 Å². The molecule has 0 aliphatic carbocycles. The third kappa shape index (κ3) is 3.25. The minimum absolute atomic E-state index is 0.0134. The van der Waals surface area contributed by atoms with Crippen molar-refractivity contribution in [2.24, 2.45) is 4.99 Å². The lowest BCUT2D eigenvalue weighted by Gasteiger charge is -2.25. The Morgan fingerprint density at radius 3 is 2.76 bits per heavy atom. The number of halogens is 1. The van der Waals surface area contributed by atoms with Crippen LogP contribution in [0.2, 0.25) is 5.02 Å². The van der Waals surface area contributed by atoms with Gasteiger partial charge in [0.2, 0.25) is 0 Å². The topological polar surface area (TPSA) is 37.6 Å². The van der Waals surface area contributed by atoms with Gasteiger partial charge in [0.1, 0.15) is 13.3 Å². The lowest BCUT2D eigenvalue weighted by molar-refractivity contribution is 0.569. The van der Waals surface area contributed by atoms with Crippen molar-refractivity contribution in [3.63, 3.8) is 0 Å². The Bertz CT molecular complexity index is 1100. The fourth-order valence-corrected chi connectivity index (χ4v) is 3.94. The summed E-state index contributed by atoms with van der Waals surface area (Å²) in [5.74, 6) is 0. The van der Waals surface area contributed by atoms with Crippen molar-refractivity contribution in [3.8, 4) is 0 Å². The van der Waals surface area contributed by atoms with Gasteiger partial charge >= 0.3 is 0 Å². The van der Waals surface area contributed by atoms with Crippen LogP contribution in [0.4, 0.5) is 5.69 Å². The Balaban J connectivity index is 1.71. The molecule has 0 unspecified atom stereocenters. The van der Waals surface area contributed by atoms with Crippen molar-refractivity contribution in [2.45, 2.75) is 13.6 Å². The number of benzene rings is 2. The molecular weight excluding hydrogens is 354 g/mol. The predicted molar refractivity (Wildman–Crippen MR) is 103 cm³/mol. The average molecular weight is 370 g/mol. The normalized spacial score (nSPS) is 14.3. The standard InChI is InChI=1S/C19H16ClN3OS/c1-13-5-7-16(8-6-13)22-11-21-19-23(12-22)18(24)17(25-19)10-14-3-2-4-15(20)9-14/h2-10H,11-12H2,1H3. The largest absolute Gasteiger partial charge is 0.334 e. The monoisotopic (exact) mass is 369 g/mol. The first-order valence-electron chi connectivity index (χ1n) is 7.93. The molecule has 1 aliphatic heterocycles. The van der Waals surface area contributed by atoms with Gasteiger partial charge in [-0.3, -0.25) is 9.36 Å². The van der Waals surface area contributed by atoms with Gasteiger partial charge in [-0.15, -0.1) is 0 Å². The molecule has 6 heteroatoms. The molecule has 4 nitrogen and oxygen atoms in total. The van der Waals surface area contributed by atoms with Crippen molar-refractivity contribution < 1.29 is 0 Å². The molecule has 0 amide bonds. The maximum absolute atomic E-state index is 12.8. The van der Waals surface area contributed by atoms with Crippen molar-refractivity contribution in [2.75, 3.05) is 11.6 Å². The van der Waals surface area contributed by atoms with Gasteiger partial charge in [0.15, 0.2) is 4.80 Å². The molecule has 4 rings (SSSR count). The molecule has 0 saturated carbocycles. The van der Waals surface area contributed by atoms with Crippen LogP contribution < -0.4 is 19.8 Å². The molecule has 0 spiro atoms. The number of hydrogen-bond donors (Lipinski definition) is 0. The van der Waals surface area contributed by atoms with E-state index in [4.69, 9.17) is 11.6 Å². The predicted octanol–water partition coefficient (Wildman–Crippen LogP) is 2.76. The van der Waals surface area contributed by atoms with Crippen LogP contribution >= 0.6 is 22.9 Å². The number of hydrogen-bond acceptors (Lipinski definition) is 4. The molecule has 0 N–H and O–H groups in total. The summed E-state index contributed by atoms with van der Waals surface area (Å²) in [7, 11) is 0. The van der Waals surface area contributed by atoms with Gasteiger partial charge in [-0.25, -0.2) is 4.99 Å². The summed E-state index contributed by atoms with van der Waals surface area (Å²) in [6.45, 7) is 3.13. The van der Waals surface area contributed by atoms with Gasteiger partial charge in [0, 0.05) is 10.7 Å². The van der Waals surface area contributed by atoms with Crippen LogP contribution in [0.15, 0.2) is 58.3 Å². The van der Waals surface area contributed by atoms with E-state index in [2.05, 4.69) is 41.1 Å². The highest BCUT2D eigenvalue weighted by atomic mass is 35.5. The summed E-state index contributed by atoms with van der Waals surface area (Å²) in [6, 6.07) is 15.7. The highest BCUT2D eigenvalue weighted by Crippen LogP contribution is 2.16. The second kappa shape index (κ2) is 6.50. The zero-order chi connectivity index (χ0) is 17.4. The first-order chi connectivity index (χ1) is 12.1. The van der Waals surface area contributed by atoms with Crippen LogP contribution in [0.5, 0.6) is 0 Å². The smallest absolute Gasteiger partial charge is 0.271 e. The molecule has 126 valence electrons. The van der Waals surface area contributed by atoms with E-state index in [-0.39, 0.29) is 5.56 Å². The molecular formula is C19H16ClN3OS. The summed E-state index contributed by atoms with van der Waals surface area (Å²) in [5.41, 5.74) is 3.18. The lowest BCUT2D eigenvalue weighted by Crippen LogP contribution is -2.42. The number of rotatable bonds is 2. The molecule has 2 heterocycles. The molecule has 1 aliphatic rings. The third-order valence-electron chi connectivity index (χ3n) is 4.12. The fraction of sp³-hybridized carbons (Fsp3) is 0.158. The van der Waals surface area contributed by atoms with E-state index in [1.54, 1.807) is 4.57 Å². The molecule has 0 bridgehead atoms. The van der Waals surface area contributed by atoms with Crippen LogP contribution in [-0.2, 0) is 6.67 Å². The summed E-state index contributed by atoms with van der Waals surface area (Å²) >= 11 is 7.45. The van der Waals surface area contributed by atoms with Gasteiger partial charge in [0.25, 0.3) is 5.56 Å². The van der Waals surface area contributed by atoms with E-state index in [1.807, 2.05) is 30.3 Å². The zero-order valence-electron chi connectivity index (χ0n) is 13.6. The maximum atomic E-state index is 12.8. The second-order valence-corrected chi connectivity index (χ2v) is 7.44. The molecule has 1 aromatic heterocycles. The van der Waals surface area contributed by atoms with Crippen molar-refractivity contribution in [1.82, 2.24) is 4.57 Å². The quantitative estimate of drug-likeness (QED) is 0.696. The Labute approximate surface area is 153 Å². The molecule has 2 aromatic carbocycles. The SMILES string of the molecule is Cc1ccc(N2CN=c3sc(=Cc4cccc(Cl)c4)c(=O)n3C2)cc1. The Kier molecular flexibility index (Phi) is 4.19. The number of nitrogens with zero attached hydrogens (tertiary/aromatic N) is 3. The molecule has 0 saturated heterocycles. The van der Waals surface area contributed by atoms with Gasteiger partial charge < -0.3 is 4.90 Å². The minimum Gasteiger partial charge on any atom is -0.334 e. The molecule has 3 aromatic rings. The van der Waals surface area contributed by atoms with E-state index in [0.717, 1.165) is 16.1 Å². The Morgan fingerprint density at radius 2 is 2.00 bits per heavy atom. The second-order valence-electron chi connectivity index (χ2n) is 6.00. The number of thiazole rings is 1. The zero-order valence-corrected chi connectivity index (χ0v) is 15.2. The van der Waals surface area contributed by atoms with Crippen LogP contribution in [0.3, 0.4) is 0 Å². The van der Waals surface area contributed by atoms with E-state index < -0.39 is 0 Å².